The monoisotopic (exact) mass is 913 g/mol. The summed E-state index contributed by atoms with van der Waals surface area (Å²) in [5, 5.41) is 3.82. The highest BCUT2D eigenvalue weighted by Gasteiger charge is 2.58. The quantitative estimate of drug-likeness (QED) is 0.0511. The number of hydrogen-bond acceptors (Lipinski definition) is 2. The van der Waals surface area contributed by atoms with Crippen LogP contribution >= 0.6 is 0 Å². The van der Waals surface area contributed by atoms with E-state index >= 15 is 0 Å². The van der Waals surface area contributed by atoms with Gasteiger partial charge in [-0.05, 0) is 194 Å². The molecule has 2 nitrogen and oxygen atoms in total. The van der Waals surface area contributed by atoms with Crippen LogP contribution in [0.2, 0.25) is 0 Å². The van der Waals surface area contributed by atoms with Crippen molar-refractivity contribution in [3.05, 3.63) is 48.2 Å². The van der Waals surface area contributed by atoms with E-state index in [1.54, 1.807) is 0 Å². The van der Waals surface area contributed by atoms with E-state index in [0.29, 0.717) is 10.8 Å². The molecule has 4 aliphatic carbocycles. The molecule has 0 radical (unpaired) electrons. The summed E-state index contributed by atoms with van der Waals surface area (Å²) in [4.78, 5) is 2.82. The zero-order chi connectivity index (χ0) is 47.3. The van der Waals surface area contributed by atoms with Gasteiger partial charge in [0.15, 0.2) is 0 Å². The molecule has 66 heavy (non-hydrogen) atoms. The number of nitrogens with zero attached hydrogens (tertiary/aromatic N) is 1. The maximum Gasteiger partial charge on any atom is 0.0143 e. The molecule has 0 spiro atoms. The summed E-state index contributed by atoms with van der Waals surface area (Å²) in [5.41, 5.74) is 4.28. The standard InChI is InChI=1S/C62H110N2.C2H6/c1-7-8-9-10-11-12-13-14-15-16-17-18-19-20-21-22-23-27-35-54(51-64-47-32-26-33-48-64)36-28-24-25-31-46-63-53(4)49-55-42-44-62(6)57(50-55)38-40-58-59-41-39-56(37-30-29-34-52(2)3)61(59,5)45-43-60(58)62;1-2/h11-12,14-15,38,52,54-56,58-60,63H,4,7-10,13,16-37,39-51H2,1-3,5-6H3;1-2H3/b12-11-,15-14-;/t54?,55?,56-,58?,59?,60?,61?,62?;/m0./s1. The van der Waals surface area contributed by atoms with Gasteiger partial charge >= 0.3 is 0 Å². The molecule has 1 heterocycles. The van der Waals surface area contributed by atoms with Gasteiger partial charge in [-0.15, -0.1) is 0 Å². The van der Waals surface area contributed by atoms with Crippen LogP contribution in [0.3, 0.4) is 0 Å². The highest BCUT2D eigenvalue weighted by Crippen LogP contribution is 2.67. The lowest BCUT2D eigenvalue weighted by atomic mass is 9.47. The third-order valence-corrected chi connectivity index (χ3v) is 18.7. The van der Waals surface area contributed by atoms with E-state index in [2.05, 4.69) is 81.8 Å². The summed E-state index contributed by atoms with van der Waals surface area (Å²) in [6.07, 6.45) is 62.9. The van der Waals surface area contributed by atoms with Gasteiger partial charge in [-0.25, -0.2) is 0 Å². The summed E-state index contributed by atoms with van der Waals surface area (Å²) in [6, 6.07) is 0. The maximum absolute atomic E-state index is 4.58. The second-order valence-corrected chi connectivity index (χ2v) is 24.1. The molecule has 7 unspecified atom stereocenters. The highest BCUT2D eigenvalue weighted by atomic mass is 15.1. The molecule has 0 bridgehead atoms. The normalized spacial score (nSPS) is 28.2. The second kappa shape index (κ2) is 33.3. The smallest absolute Gasteiger partial charge is 0.0143 e. The van der Waals surface area contributed by atoms with Crippen molar-refractivity contribution in [2.24, 2.45) is 52.3 Å². The van der Waals surface area contributed by atoms with E-state index in [4.69, 9.17) is 0 Å². The van der Waals surface area contributed by atoms with Gasteiger partial charge in [0.05, 0.1) is 0 Å². The van der Waals surface area contributed by atoms with Gasteiger partial charge in [0.1, 0.15) is 0 Å². The van der Waals surface area contributed by atoms with Crippen LogP contribution in [-0.2, 0) is 0 Å². The van der Waals surface area contributed by atoms with Crippen molar-refractivity contribution in [1.82, 2.24) is 10.2 Å². The average molecular weight is 914 g/mol. The second-order valence-electron chi connectivity index (χ2n) is 24.1. The predicted molar refractivity (Wildman–Crippen MR) is 295 cm³/mol. The van der Waals surface area contributed by atoms with Gasteiger partial charge < -0.3 is 10.2 Å². The van der Waals surface area contributed by atoms with Crippen LogP contribution in [0.15, 0.2) is 48.2 Å². The molecule has 0 aromatic carbocycles. The number of rotatable bonds is 34. The van der Waals surface area contributed by atoms with Gasteiger partial charge in [-0.1, -0.05) is 194 Å². The van der Waals surface area contributed by atoms with E-state index in [-0.39, 0.29) is 0 Å². The number of allylic oxidation sites excluding steroid dienone is 7. The van der Waals surface area contributed by atoms with Gasteiger partial charge in [0, 0.05) is 18.8 Å². The lowest BCUT2D eigenvalue weighted by molar-refractivity contribution is -0.0456. The van der Waals surface area contributed by atoms with Crippen molar-refractivity contribution in [3.8, 4) is 0 Å². The Labute approximate surface area is 414 Å². The first-order valence-corrected chi connectivity index (χ1v) is 30.4. The van der Waals surface area contributed by atoms with Crippen molar-refractivity contribution < 1.29 is 0 Å². The lowest BCUT2D eigenvalue weighted by Crippen LogP contribution is -2.50. The molecule has 8 atom stereocenters. The lowest BCUT2D eigenvalue weighted by Gasteiger charge is -2.58. The Balaban J connectivity index is 0.00000469. The highest BCUT2D eigenvalue weighted by molar-refractivity contribution is 5.25. The first kappa shape index (κ1) is 57.3. The third-order valence-electron chi connectivity index (χ3n) is 18.7. The minimum absolute atomic E-state index is 0.472. The number of piperidine rings is 1. The molecule has 2 heteroatoms. The van der Waals surface area contributed by atoms with Gasteiger partial charge in [0.2, 0.25) is 0 Å². The molecule has 1 aliphatic heterocycles. The number of unbranched alkanes of at least 4 members (excludes halogenated alkanes) is 15. The minimum Gasteiger partial charge on any atom is -0.389 e. The van der Waals surface area contributed by atoms with Crippen molar-refractivity contribution in [1.29, 1.82) is 0 Å². The van der Waals surface area contributed by atoms with Gasteiger partial charge in [-0.2, -0.15) is 0 Å². The zero-order valence-electron chi connectivity index (χ0n) is 45.9. The fraction of sp³-hybridized carbons (Fsp3) is 0.875. The molecular formula is C64H116N2. The van der Waals surface area contributed by atoms with Crippen LogP contribution in [0.5, 0.6) is 0 Å². The molecule has 382 valence electrons. The summed E-state index contributed by atoms with van der Waals surface area (Å²) in [7, 11) is 0. The largest absolute Gasteiger partial charge is 0.389 e. The van der Waals surface area contributed by atoms with Crippen molar-refractivity contribution in [3.63, 3.8) is 0 Å². The molecule has 3 saturated carbocycles. The predicted octanol–water partition coefficient (Wildman–Crippen LogP) is 20.0. The summed E-state index contributed by atoms with van der Waals surface area (Å²) < 4.78 is 0. The molecule has 0 aromatic heterocycles. The van der Waals surface area contributed by atoms with E-state index in [9.17, 15) is 0 Å². The van der Waals surface area contributed by atoms with E-state index in [1.165, 1.54) is 250 Å². The van der Waals surface area contributed by atoms with Crippen molar-refractivity contribution >= 4 is 0 Å². The Morgan fingerprint density at radius 3 is 2.03 bits per heavy atom. The summed E-state index contributed by atoms with van der Waals surface area (Å²) in [5.74, 6) is 6.46. The SMILES string of the molecule is C=C(CC1CCC2(C)C(=CCC3C2CCC2(C)C3CC[C@@H]2CCCCC(C)C)C1)NCCCCCCC(CCCCCCCCCC/C=C\C/C=C\CCCCC)CN1CCCCC1.CC. The topological polar surface area (TPSA) is 15.3 Å². The van der Waals surface area contributed by atoms with Crippen LogP contribution in [0.1, 0.15) is 280 Å². The van der Waals surface area contributed by atoms with Crippen LogP contribution in [0.25, 0.3) is 0 Å². The minimum atomic E-state index is 0.472. The maximum atomic E-state index is 4.58. The Hall–Kier alpha value is -1.28. The van der Waals surface area contributed by atoms with E-state index in [1.807, 2.05) is 19.4 Å². The molecule has 5 aliphatic rings. The van der Waals surface area contributed by atoms with E-state index in [0.717, 1.165) is 54.4 Å². The fourth-order valence-corrected chi connectivity index (χ4v) is 14.6. The van der Waals surface area contributed by atoms with Crippen LogP contribution in [-0.4, -0.2) is 31.1 Å². The van der Waals surface area contributed by atoms with E-state index < -0.39 is 0 Å². The van der Waals surface area contributed by atoms with Crippen LogP contribution in [0.4, 0.5) is 0 Å². The van der Waals surface area contributed by atoms with Gasteiger partial charge in [0.25, 0.3) is 0 Å². The Kier molecular flexibility index (Phi) is 28.9. The average Bonchev–Trinajstić information content (AvgIpc) is 3.66. The molecule has 1 N–H and O–H groups in total. The van der Waals surface area contributed by atoms with Crippen molar-refractivity contribution in [2.45, 2.75) is 280 Å². The Morgan fingerprint density at radius 1 is 0.712 bits per heavy atom. The Morgan fingerprint density at radius 2 is 1.35 bits per heavy atom. The van der Waals surface area contributed by atoms with Crippen LogP contribution < -0.4 is 5.32 Å². The van der Waals surface area contributed by atoms with Crippen LogP contribution in [0, 0.1) is 52.3 Å². The first-order valence-electron chi connectivity index (χ1n) is 30.4. The first-order chi connectivity index (χ1) is 32.2. The summed E-state index contributed by atoms with van der Waals surface area (Å²) in [6.45, 7) is 26.3. The summed E-state index contributed by atoms with van der Waals surface area (Å²) >= 11 is 0. The number of nitrogens with one attached hydrogen (secondary N) is 1. The fourth-order valence-electron chi connectivity index (χ4n) is 14.6. The van der Waals surface area contributed by atoms with Crippen molar-refractivity contribution in [2.75, 3.05) is 26.2 Å². The van der Waals surface area contributed by atoms with Gasteiger partial charge in [-0.3, -0.25) is 0 Å². The third kappa shape index (κ3) is 19.8. The molecular weight excluding hydrogens is 797 g/mol. The molecule has 0 amide bonds. The molecule has 0 aromatic rings. The molecule has 5 rings (SSSR count). The molecule has 4 fully saturated rings. The number of likely N-dealkylation sites (tertiary alicyclic amines) is 1. The zero-order valence-corrected chi connectivity index (χ0v) is 45.9. The number of fused-ring (bicyclic) bond motifs is 5. The molecule has 1 saturated heterocycles. The Bertz CT molecular complexity index is 1330. The number of hydrogen-bond donors (Lipinski definition) is 1.